The van der Waals surface area contributed by atoms with Crippen LogP contribution in [0.5, 0.6) is 0 Å². The molecule has 6 N–H and O–H groups in total. The molecule has 0 bridgehead atoms. The first-order valence-corrected chi connectivity index (χ1v) is 36.5. The van der Waals surface area contributed by atoms with Crippen molar-refractivity contribution in [2.75, 3.05) is 13.2 Å². The summed E-state index contributed by atoms with van der Waals surface area (Å²) in [5.74, 6) is -0.180. The second-order valence-electron chi connectivity index (χ2n) is 25.4. The van der Waals surface area contributed by atoms with Gasteiger partial charge in [-0.1, -0.05) is 338 Å². The van der Waals surface area contributed by atoms with Gasteiger partial charge in [0.15, 0.2) is 6.29 Å². The average molecular weight is 1180 g/mol. The van der Waals surface area contributed by atoms with E-state index in [1.807, 2.05) is 6.08 Å². The van der Waals surface area contributed by atoms with E-state index in [-0.39, 0.29) is 12.5 Å². The number of aliphatic hydroxyl groups excluding tert-OH is 5. The first-order valence-electron chi connectivity index (χ1n) is 36.5. The fraction of sp³-hybridized carbons (Fsp3) is 0.853. The molecule has 84 heavy (non-hydrogen) atoms. The first kappa shape index (κ1) is 79.9. The van der Waals surface area contributed by atoms with Gasteiger partial charge in [-0.3, -0.25) is 4.79 Å². The van der Waals surface area contributed by atoms with Gasteiger partial charge in [-0.2, -0.15) is 0 Å². The predicted molar refractivity (Wildman–Crippen MR) is 359 cm³/mol. The summed E-state index contributed by atoms with van der Waals surface area (Å²) in [5.41, 5.74) is 0. The molecule has 0 radical (unpaired) electrons. The second kappa shape index (κ2) is 63.9. The number of aliphatic hydroxyl groups is 5. The number of allylic oxidation sites excluding steroid dienone is 9. The normalized spacial score (nSPS) is 18.5. The predicted octanol–water partition coefficient (Wildman–Crippen LogP) is 20.1. The zero-order valence-electron chi connectivity index (χ0n) is 55.2. The number of rotatable bonds is 64. The lowest BCUT2D eigenvalue weighted by Crippen LogP contribution is -2.60. The minimum Gasteiger partial charge on any atom is -0.394 e. The Balaban J connectivity index is 2.08. The Morgan fingerprint density at radius 1 is 0.405 bits per heavy atom. The van der Waals surface area contributed by atoms with Gasteiger partial charge in [0, 0.05) is 6.42 Å². The molecule has 9 heteroatoms. The Labute approximate surface area is 519 Å². The van der Waals surface area contributed by atoms with Crippen LogP contribution in [-0.2, 0) is 14.3 Å². The third kappa shape index (κ3) is 51.9. The topological polar surface area (TPSA) is 149 Å². The zero-order chi connectivity index (χ0) is 60.7. The maximum Gasteiger partial charge on any atom is 0.220 e. The Morgan fingerprint density at radius 2 is 0.714 bits per heavy atom. The van der Waals surface area contributed by atoms with Crippen molar-refractivity contribution in [2.24, 2.45) is 0 Å². The van der Waals surface area contributed by atoms with Gasteiger partial charge in [-0.25, -0.2) is 0 Å². The van der Waals surface area contributed by atoms with Gasteiger partial charge < -0.3 is 40.3 Å². The number of nitrogens with one attached hydrogen (secondary N) is 1. The summed E-state index contributed by atoms with van der Waals surface area (Å²) in [4.78, 5) is 13.1. The highest BCUT2D eigenvalue weighted by atomic mass is 16.7. The van der Waals surface area contributed by atoms with Gasteiger partial charge in [0.1, 0.15) is 24.4 Å². The lowest BCUT2D eigenvalue weighted by molar-refractivity contribution is -0.302. The van der Waals surface area contributed by atoms with E-state index >= 15 is 0 Å². The van der Waals surface area contributed by atoms with Crippen LogP contribution < -0.4 is 5.32 Å². The summed E-state index contributed by atoms with van der Waals surface area (Å²) >= 11 is 0. The molecule has 0 spiro atoms. The molecule has 1 saturated heterocycles. The molecular weight excluding hydrogens is 1040 g/mol. The van der Waals surface area contributed by atoms with Crippen molar-refractivity contribution in [3.8, 4) is 0 Å². The van der Waals surface area contributed by atoms with E-state index in [0.29, 0.717) is 6.42 Å². The molecule has 1 rings (SSSR count). The van der Waals surface area contributed by atoms with Crippen molar-refractivity contribution in [2.45, 2.75) is 397 Å². The summed E-state index contributed by atoms with van der Waals surface area (Å²) in [7, 11) is 0. The Morgan fingerprint density at radius 3 is 1.08 bits per heavy atom. The zero-order valence-corrected chi connectivity index (χ0v) is 55.2. The number of ether oxygens (including phenoxy) is 2. The molecule has 1 amide bonds. The monoisotopic (exact) mass is 1180 g/mol. The van der Waals surface area contributed by atoms with Crippen molar-refractivity contribution in [1.29, 1.82) is 0 Å². The standard InChI is InChI=1S/C75H139NO8/c1-3-5-7-9-11-13-15-17-19-21-23-25-27-28-29-30-31-32-33-34-35-36-37-38-39-40-41-42-43-45-47-49-51-53-55-57-59-61-63-65-71(79)76-68(67-83-75-74(82)73(81)72(80)70(66-77)84-75)69(78)64-62-60-58-56-54-52-50-48-46-44-26-24-22-20-18-16-14-12-10-8-6-4-2/h15,17,21,23,27-28,54,56,62,64,68-70,72-75,77-78,80-82H,3-14,16,18-20,22,24-26,29-53,55,57-61,63,65-67H2,1-2H3,(H,76,79)/b17-15-,23-21-,28-27-,56-54+,64-62+. The number of amides is 1. The smallest absolute Gasteiger partial charge is 0.220 e. The molecule has 0 aromatic carbocycles. The van der Waals surface area contributed by atoms with Crippen molar-refractivity contribution in [3.05, 3.63) is 60.8 Å². The lowest BCUT2D eigenvalue weighted by atomic mass is 9.99. The van der Waals surface area contributed by atoms with Gasteiger partial charge in [0.25, 0.3) is 0 Å². The summed E-state index contributed by atoms with van der Waals surface area (Å²) in [6, 6.07) is -0.823. The molecule has 1 aliphatic heterocycles. The maximum atomic E-state index is 13.1. The van der Waals surface area contributed by atoms with E-state index in [0.717, 1.165) is 51.4 Å². The van der Waals surface area contributed by atoms with Gasteiger partial charge in [0.2, 0.25) is 5.91 Å². The summed E-state index contributed by atoms with van der Waals surface area (Å²) in [6.45, 7) is 3.79. The fourth-order valence-corrected chi connectivity index (χ4v) is 11.6. The summed E-state index contributed by atoms with van der Waals surface area (Å²) < 4.78 is 11.3. The highest BCUT2D eigenvalue weighted by Gasteiger charge is 2.44. The molecule has 1 heterocycles. The van der Waals surface area contributed by atoms with Crippen molar-refractivity contribution in [1.82, 2.24) is 5.32 Å². The van der Waals surface area contributed by atoms with Crippen LogP contribution in [0.1, 0.15) is 354 Å². The molecule has 1 fully saturated rings. The summed E-state index contributed by atoms with van der Waals surface area (Å²) in [6.07, 6.45) is 82.0. The van der Waals surface area contributed by atoms with E-state index in [1.165, 1.54) is 283 Å². The van der Waals surface area contributed by atoms with Crippen LogP contribution >= 0.6 is 0 Å². The van der Waals surface area contributed by atoms with Crippen LogP contribution in [0.3, 0.4) is 0 Å². The number of carbonyl (C=O) groups excluding carboxylic acids is 1. The van der Waals surface area contributed by atoms with Gasteiger partial charge in [-0.05, 0) is 70.6 Å². The Hall–Kier alpha value is -2.11. The van der Waals surface area contributed by atoms with Crippen molar-refractivity contribution in [3.63, 3.8) is 0 Å². The second-order valence-corrected chi connectivity index (χ2v) is 25.4. The number of hydrogen-bond acceptors (Lipinski definition) is 8. The van der Waals surface area contributed by atoms with Crippen LogP contribution in [0.25, 0.3) is 0 Å². The SMILES string of the molecule is CCCCCCC/C=C\C/C=C\C/C=C\CCCCCCCCCCCCCCCCCCCCCCCCCCC(=O)NC(COC1OC(CO)C(O)C(O)C1O)C(O)/C=C/CC/C=C/CCCCCCCCCCCCCCCCCC. The fourth-order valence-electron chi connectivity index (χ4n) is 11.6. The summed E-state index contributed by atoms with van der Waals surface area (Å²) in [5, 5.41) is 54.7. The molecule has 0 aliphatic carbocycles. The first-order chi connectivity index (χ1) is 41.3. The molecule has 9 nitrogen and oxygen atoms in total. The van der Waals surface area contributed by atoms with Crippen LogP contribution in [0.2, 0.25) is 0 Å². The highest BCUT2D eigenvalue weighted by Crippen LogP contribution is 2.23. The van der Waals surface area contributed by atoms with E-state index in [9.17, 15) is 30.3 Å². The molecule has 1 aliphatic rings. The molecule has 492 valence electrons. The Kier molecular flexibility index (Phi) is 60.8. The number of carbonyl (C=O) groups is 1. The van der Waals surface area contributed by atoms with Crippen LogP contribution in [0.4, 0.5) is 0 Å². The van der Waals surface area contributed by atoms with E-state index in [1.54, 1.807) is 6.08 Å². The maximum absolute atomic E-state index is 13.1. The number of unbranched alkanes of at least 4 members (excludes halogenated alkanes) is 46. The van der Waals surface area contributed by atoms with Crippen LogP contribution in [0, 0.1) is 0 Å². The molecule has 0 saturated carbocycles. The third-order valence-electron chi connectivity index (χ3n) is 17.3. The van der Waals surface area contributed by atoms with Crippen molar-refractivity contribution < 1.29 is 39.8 Å². The molecule has 7 unspecified atom stereocenters. The minimum atomic E-state index is -1.57. The largest absolute Gasteiger partial charge is 0.394 e. The van der Waals surface area contributed by atoms with Crippen LogP contribution in [0.15, 0.2) is 60.8 Å². The minimum absolute atomic E-state index is 0.180. The molecular formula is C75H139NO8. The average Bonchev–Trinajstić information content (AvgIpc) is 3.70. The lowest BCUT2D eigenvalue weighted by Gasteiger charge is -2.40. The van der Waals surface area contributed by atoms with Crippen LogP contribution in [-0.4, -0.2) is 87.5 Å². The van der Waals surface area contributed by atoms with Gasteiger partial charge >= 0.3 is 0 Å². The number of hydrogen-bond donors (Lipinski definition) is 6. The van der Waals surface area contributed by atoms with E-state index in [2.05, 4.69) is 67.8 Å². The molecule has 7 atom stereocenters. The third-order valence-corrected chi connectivity index (χ3v) is 17.3. The molecule has 0 aromatic heterocycles. The Bertz CT molecular complexity index is 1510. The van der Waals surface area contributed by atoms with E-state index < -0.39 is 49.5 Å². The van der Waals surface area contributed by atoms with Gasteiger partial charge in [-0.15, -0.1) is 0 Å². The van der Waals surface area contributed by atoms with Crippen molar-refractivity contribution >= 4 is 5.91 Å². The van der Waals surface area contributed by atoms with Gasteiger partial charge in [0.05, 0.1) is 25.4 Å². The quantitative estimate of drug-likeness (QED) is 0.0261. The molecule has 0 aromatic rings. The highest BCUT2D eigenvalue weighted by molar-refractivity contribution is 5.76. The van der Waals surface area contributed by atoms with E-state index in [4.69, 9.17) is 9.47 Å².